The van der Waals surface area contributed by atoms with Gasteiger partial charge >= 0.3 is 12.1 Å². The Morgan fingerprint density at radius 2 is 1.62 bits per heavy atom. The number of nitrogens with zero attached hydrogens (tertiary/aromatic N) is 5. The number of alkyl carbamates (subject to hydrolysis) is 1. The summed E-state index contributed by atoms with van der Waals surface area (Å²) in [6.45, 7) is 4.89. The largest absolute Gasteiger partial charge is 0.449 e. The SMILES string of the molecule is CN=CSCCOC(=O)NC(CCC(Cc1ccccc1)NC(=O)C(Cn1cccn1)NC(=O)N(C)Cc1csc(C(C)C)n1)Cc1ccccc1. The first-order chi connectivity index (χ1) is 25.2. The fourth-order valence-corrected chi connectivity index (χ4v) is 6.75. The second-order valence-corrected chi connectivity index (χ2v) is 14.6. The molecule has 0 fully saturated rings. The van der Waals surface area contributed by atoms with Crippen LogP contribution < -0.4 is 16.0 Å². The molecule has 12 nitrogen and oxygen atoms in total. The minimum Gasteiger partial charge on any atom is -0.449 e. The van der Waals surface area contributed by atoms with Crippen LogP contribution in [0.25, 0.3) is 0 Å². The van der Waals surface area contributed by atoms with Crippen LogP contribution in [-0.4, -0.2) is 87.8 Å². The molecular weight excluding hydrogens is 697 g/mol. The number of aromatic nitrogens is 3. The number of thiazole rings is 1. The third kappa shape index (κ3) is 14.1. The molecule has 0 spiro atoms. The fourth-order valence-electron chi connectivity index (χ4n) is 5.49. The second kappa shape index (κ2) is 21.6. The van der Waals surface area contributed by atoms with E-state index in [0.29, 0.717) is 43.9 Å². The van der Waals surface area contributed by atoms with E-state index in [1.165, 1.54) is 16.7 Å². The molecule has 0 aliphatic carbocycles. The van der Waals surface area contributed by atoms with Crippen LogP contribution in [0.3, 0.4) is 0 Å². The molecule has 2 heterocycles. The van der Waals surface area contributed by atoms with Crippen LogP contribution in [0.2, 0.25) is 0 Å². The zero-order valence-corrected chi connectivity index (χ0v) is 31.9. The number of aliphatic imine (C=N–C) groups is 1. The van der Waals surface area contributed by atoms with Crippen LogP contribution in [0.4, 0.5) is 9.59 Å². The minimum atomic E-state index is -0.904. The summed E-state index contributed by atoms with van der Waals surface area (Å²) in [5.41, 5.74) is 4.66. The monoisotopic (exact) mass is 746 g/mol. The van der Waals surface area contributed by atoms with Gasteiger partial charge in [0.1, 0.15) is 12.6 Å². The number of hydrogen-bond acceptors (Lipinski definition) is 9. The normalized spacial score (nSPS) is 13.0. The lowest BCUT2D eigenvalue weighted by Gasteiger charge is -2.27. The Morgan fingerprint density at radius 1 is 0.962 bits per heavy atom. The Bertz CT molecular complexity index is 1670. The van der Waals surface area contributed by atoms with Crippen molar-refractivity contribution in [2.24, 2.45) is 4.99 Å². The van der Waals surface area contributed by atoms with Crippen molar-refractivity contribution >= 4 is 46.7 Å². The number of rotatable bonds is 20. The molecule has 52 heavy (non-hydrogen) atoms. The van der Waals surface area contributed by atoms with Crippen LogP contribution in [0.5, 0.6) is 0 Å². The Morgan fingerprint density at radius 3 is 2.19 bits per heavy atom. The van der Waals surface area contributed by atoms with Crippen LogP contribution >= 0.6 is 23.1 Å². The van der Waals surface area contributed by atoms with Gasteiger partial charge in [-0.3, -0.25) is 14.5 Å². The first-order valence-corrected chi connectivity index (χ1v) is 19.4. The maximum atomic E-state index is 14.1. The molecule has 0 saturated heterocycles. The van der Waals surface area contributed by atoms with E-state index in [1.54, 1.807) is 54.1 Å². The van der Waals surface area contributed by atoms with Gasteiger partial charge in [-0.15, -0.1) is 23.1 Å². The number of hydrogen-bond donors (Lipinski definition) is 3. The van der Waals surface area contributed by atoms with Gasteiger partial charge in [0.25, 0.3) is 0 Å². The molecule has 3 atom stereocenters. The average Bonchev–Trinajstić information content (AvgIpc) is 3.84. The minimum absolute atomic E-state index is 0.150. The molecule has 3 unspecified atom stereocenters. The third-order valence-electron chi connectivity index (χ3n) is 8.15. The quantitative estimate of drug-likeness (QED) is 0.0580. The lowest BCUT2D eigenvalue weighted by molar-refractivity contribution is -0.124. The van der Waals surface area contributed by atoms with Crippen molar-refractivity contribution in [1.82, 2.24) is 35.6 Å². The lowest BCUT2D eigenvalue weighted by Crippen LogP contribution is -2.54. The van der Waals surface area contributed by atoms with Gasteiger partial charge < -0.3 is 25.6 Å². The van der Waals surface area contributed by atoms with Gasteiger partial charge in [-0.05, 0) is 42.9 Å². The zero-order valence-electron chi connectivity index (χ0n) is 30.3. The molecule has 3 N–H and O–H groups in total. The predicted octanol–water partition coefficient (Wildman–Crippen LogP) is 5.91. The number of ether oxygens (including phenoxy) is 1. The molecule has 2 aromatic heterocycles. The average molecular weight is 747 g/mol. The Labute approximate surface area is 314 Å². The second-order valence-electron chi connectivity index (χ2n) is 12.8. The van der Waals surface area contributed by atoms with Crippen LogP contribution in [0, 0.1) is 0 Å². The molecule has 4 amide bonds. The Hall–Kier alpha value is -4.69. The summed E-state index contributed by atoms with van der Waals surface area (Å²) < 4.78 is 7.08. The summed E-state index contributed by atoms with van der Waals surface area (Å²) >= 11 is 3.05. The number of benzene rings is 2. The highest BCUT2D eigenvalue weighted by molar-refractivity contribution is 8.12. The van der Waals surface area contributed by atoms with E-state index in [1.807, 2.05) is 66.0 Å². The number of amides is 4. The fraction of sp³-hybridized carbons (Fsp3) is 0.421. The summed E-state index contributed by atoms with van der Waals surface area (Å²) in [5, 5.41) is 16.5. The topological polar surface area (TPSA) is 143 Å². The summed E-state index contributed by atoms with van der Waals surface area (Å²) in [7, 11) is 3.39. The molecule has 0 saturated carbocycles. The first-order valence-electron chi connectivity index (χ1n) is 17.5. The lowest BCUT2D eigenvalue weighted by atomic mass is 9.96. The van der Waals surface area contributed by atoms with E-state index < -0.39 is 18.2 Å². The van der Waals surface area contributed by atoms with E-state index in [0.717, 1.165) is 21.8 Å². The van der Waals surface area contributed by atoms with E-state index >= 15 is 0 Å². The van der Waals surface area contributed by atoms with Gasteiger partial charge in [-0.25, -0.2) is 14.6 Å². The third-order valence-corrected chi connectivity index (χ3v) is 10.1. The van der Waals surface area contributed by atoms with Crippen LogP contribution in [0.1, 0.15) is 54.4 Å². The molecule has 0 bridgehead atoms. The number of thioether (sulfide) groups is 1. The molecule has 278 valence electrons. The first kappa shape index (κ1) is 40.1. The molecule has 0 aliphatic rings. The highest BCUT2D eigenvalue weighted by Crippen LogP contribution is 2.20. The van der Waals surface area contributed by atoms with Crippen molar-refractivity contribution in [3.05, 3.63) is 106 Å². The van der Waals surface area contributed by atoms with Gasteiger partial charge in [-0.1, -0.05) is 74.5 Å². The maximum Gasteiger partial charge on any atom is 0.407 e. The molecule has 14 heteroatoms. The summed E-state index contributed by atoms with van der Waals surface area (Å²) in [6, 6.07) is 19.9. The standard InChI is InChI=1S/C38H50N8O4S2/c1-28(2)36-42-33(26-52-36)24-45(4)37(48)44-34(25-46-19-11-18-40-46)35(47)41-31(22-29-12-7-5-8-13-29)16-17-32(23-30-14-9-6-10-15-30)43-38(49)50-20-21-51-27-39-3/h5-15,18-19,26-28,31-32,34H,16-17,20-25H2,1-4H3,(H,41,47)(H,43,49)(H,44,48). The molecular formula is C38H50N8O4S2. The molecule has 4 aromatic rings. The van der Waals surface area contributed by atoms with Crippen molar-refractivity contribution in [3.8, 4) is 0 Å². The molecule has 2 aromatic carbocycles. The number of urea groups is 1. The predicted molar refractivity (Wildman–Crippen MR) is 209 cm³/mol. The van der Waals surface area contributed by atoms with Gasteiger partial charge in [0.15, 0.2) is 0 Å². The van der Waals surface area contributed by atoms with Crippen molar-refractivity contribution < 1.29 is 19.1 Å². The van der Waals surface area contributed by atoms with Gasteiger partial charge in [-0.2, -0.15) is 5.10 Å². The number of carbonyl (C=O) groups excluding carboxylic acids is 3. The van der Waals surface area contributed by atoms with Crippen molar-refractivity contribution in [2.75, 3.05) is 26.5 Å². The number of carbonyl (C=O) groups is 3. The van der Waals surface area contributed by atoms with Crippen molar-refractivity contribution in [3.63, 3.8) is 0 Å². The van der Waals surface area contributed by atoms with E-state index in [9.17, 15) is 14.4 Å². The van der Waals surface area contributed by atoms with Crippen LogP contribution in [0.15, 0.2) is 89.5 Å². The van der Waals surface area contributed by atoms with Gasteiger partial charge in [0.05, 0.1) is 29.3 Å². The van der Waals surface area contributed by atoms with Crippen molar-refractivity contribution in [2.45, 2.75) is 76.7 Å². The highest BCUT2D eigenvalue weighted by Gasteiger charge is 2.27. The smallest absolute Gasteiger partial charge is 0.407 e. The number of nitrogens with one attached hydrogen (secondary N) is 3. The molecule has 4 rings (SSSR count). The maximum absolute atomic E-state index is 14.1. The summed E-state index contributed by atoms with van der Waals surface area (Å²) in [6.07, 6.45) is 5.21. The van der Waals surface area contributed by atoms with Crippen LogP contribution in [-0.2, 0) is 35.5 Å². The Kier molecular flexibility index (Phi) is 16.7. The molecule has 0 radical (unpaired) electrons. The summed E-state index contributed by atoms with van der Waals surface area (Å²) in [5.74, 6) is 0.585. The van der Waals surface area contributed by atoms with Gasteiger partial charge in [0.2, 0.25) is 5.91 Å². The van der Waals surface area contributed by atoms with E-state index in [-0.39, 0.29) is 31.1 Å². The zero-order chi connectivity index (χ0) is 37.1. The molecule has 0 aliphatic heterocycles. The summed E-state index contributed by atoms with van der Waals surface area (Å²) in [4.78, 5) is 50.5. The van der Waals surface area contributed by atoms with Gasteiger partial charge in [0, 0.05) is 55.6 Å². The highest BCUT2D eigenvalue weighted by atomic mass is 32.2. The van der Waals surface area contributed by atoms with E-state index in [2.05, 4.69) is 44.9 Å². The Balaban J connectivity index is 1.47. The van der Waals surface area contributed by atoms with E-state index in [4.69, 9.17) is 4.74 Å². The van der Waals surface area contributed by atoms with Crippen molar-refractivity contribution in [1.29, 1.82) is 0 Å².